The second kappa shape index (κ2) is 6.86. The van der Waals surface area contributed by atoms with E-state index in [0.29, 0.717) is 25.7 Å². The van der Waals surface area contributed by atoms with Gasteiger partial charge in [0.05, 0.1) is 25.7 Å². The van der Waals surface area contributed by atoms with E-state index in [2.05, 4.69) is 0 Å². The number of carboxylic acid groups (broad SMARTS) is 1. The number of aliphatic carboxylic acids is 1. The van der Waals surface area contributed by atoms with Gasteiger partial charge in [0.15, 0.2) is 0 Å². The highest BCUT2D eigenvalue weighted by atomic mass is 16.5. The summed E-state index contributed by atoms with van der Waals surface area (Å²) < 4.78 is 10.8. The smallest absolute Gasteiger partial charge is 0.303 e. The normalized spacial score (nSPS) is 27.5. The minimum absolute atomic E-state index is 0.0711. The van der Waals surface area contributed by atoms with Crippen LogP contribution in [0.25, 0.3) is 0 Å². The molecule has 1 N–H and O–H groups in total. The molecule has 2 saturated heterocycles. The fourth-order valence-corrected chi connectivity index (χ4v) is 2.69. The highest BCUT2D eigenvalue weighted by Gasteiger charge is 2.30. The first kappa shape index (κ1) is 14.3. The Hall–Kier alpha value is -1.14. The molecule has 0 bridgehead atoms. The Morgan fingerprint density at radius 2 is 1.95 bits per heavy atom. The molecule has 108 valence electrons. The van der Waals surface area contributed by atoms with Crippen LogP contribution in [0.1, 0.15) is 25.7 Å². The van der Waals surface area contributed by atoms with Gasteiger partial charge in [0, 0.05) is 26.2 Å². The Morgan fingerprint density at radius 1 is 1.16 bits per heavy atom. The summed E-state index contributed by atoms with van der Waals surface area (Å²) in [5, 5.41) is 8.64. The standard InChI is InChI=1S/C13H21NO5/c15-12(1-2-13(16)17)14-4-6-19-9-11(14)7-10-3-5-18-8-10/h10-11H,1-9H2,(H,16,17). The predicted octanol–water partition coefficient (Wildman–Crippen LogP) is 0.505. The van der Waals surface area contributed by atoms with Gasteiger partial charge in [0.2, 0.25) is 5.91 Å². The van der Waals surface area contributed by atoms with E-state index in [-0.39, 0.29) is 24.8 Å². The molecule has 0 aromatic rings. The molecule has 19 heavy (non-hydrogen) atoms. The van der Waals surface area contributed by atoms with Crippen molar-refractivity contribution in [2.75, 3.05) is 33.0 Å². The predicted molar refractivity (Wildman–Crippen MR) is 66.7 cm³/mol. The number of carboxylic acids is 1. The lowest BCUT2D eigenvalue weighted by molar-refractivity contribution is -0.145. The summed E-state index contributed by atoms with van der Waals surface area (Å²) >= 11 is 0. The highest BCUT2D eigenvalue weighted by molar-refractivity contribution is 5.81. The van der Waals surface area contributed by atoms with Crippen LogP contribution >= 0.6 is 0 Å². The number of hydrogen-bond acceptors (Lipinski definition) is 4. The number of rotatable bonds is 5. The second-order valence-corrected chi connectivity index (χ2v) is 5.17. The molecule has 2 rings (SSSR count). The van der Waals surface area contributed by atoms with Crippen molar-refractivity contribution in [3.05, 3.63) is 0 Å². The minimum atomic E-state index is -0.928. The van der Waals surface area contributed by atoms with E-state index >= 15 is 0 Å². The van der Waals surface area contributed by atoms with Gasteiger partial charge in [-0.3, -0.25) is 9.59 Å². The van der Waals surface area contributed by atoms with E-state index in [4.69, 9.17) is 14.6 Å². The molecule has 2 aliphatic rings. The van der Waals surface area contributed by atoms with Crippen LogP contribution in [-0.2, 0) is 19.1 Å². The first-order chi connectivity index (χ1) is 9.16. The molecule has 2 aliphatic heterocycles. The van der Waals surface area contributed by atoms with Crippen LogP contribution in [0.5, 0.6) is 0 Å². The van der Waals surface area contributed by atoms with Gasteiger partial charge in [-0.05, 0) is 18.8 Å². The zero-order chi connectivity index (χ0) is 13.7. The second-order valence-electron chi connectivity index (χ2n) is 5.17. The van der Waals surface area contributed by atoms with Crippen LogP contribution in [0.2, 0.25) is 0 Å². The molecular weight excluding hydrogens is 250 g/mol. The van der Waals surface area contributed by atoms with Gasteiger partial charge >= 0.3 is 5.97 Å². The molecule has 0 saturated carbocycles. The molecule has 6 nitrogen and oxygen atoms in total. The number of amides is 1. The van der Waals surface area contributed by atoms with Crippen molar-refractivity contribution in [2.45, 2.75) is 31.7 Å². The minimum Gasteiger partial charge on any atom is -0.481 e. The van der Waals surface area contributed by atoms with Crippen molar-refractivity contribution in [3.63, 3.8) is 0 Å². The van der Waals surface area contributed by atoms with Gasteiger partial charge in [-0.2, -0.15) is 0 Å². The van der Waals surface area contributed by atoms with Crippen LogP contribution in [0, 0.1) is 5.92 Å². The van der Waals surface area contributed by atoms with Gasteiger partial charge < -0.3 is 19.5 Å². The van der Waals surface area contributed by atoms with Crippen LogP contribution in [0.15, 0.2) is 0 Å². The van der Waals surface area contributed by atoms with Crippen molar-refractivity contribution in [1.82, 2.24) is 4.90 Å². The highest BCUT2D eigenvalue weighted by Crippen LogP contribution is 2.23. The fraction of sp³-hybridized carbons (Fsp3) is 0.846. The average Bonchev–Trinajstić information content (AvgIpc) is 2.89. The number of hydrogen-bond donors (Lipinski definition) is 1. The van der Waals surface area contributed by atoms with Gasteiger partial charge in [0.1, 0.15) is 0 Å². The Labute approximate surface area is 112 Å². The Kier molecular flexibility index (Phi) is 5.15. The molecule has 2 fully saturated rings. The third-order valence-corrected chi connectivity index (χ3v) is 3.73. The van der Waals surface area contributed by atoms with E-state index in [1.165, 1.54) is 0 Å². The average molecular weight is 271 g/mol. The number of carbonyl (C=O) groups is 2. The van der Waals surface area contributed by atoms with Crippen molar-refractivity contribution >= 4 is 11.9 Å². The topological polar surface area (TPSA) is 76.1 Å². The molecule has 1 amide bonds. The zero-order valence-corrected chi connectivity index (χ0v) is 11.0. The Bertz CT molecular complexity index is 327. The lowest BCUT2D eigenvalue weighted by Crippen LogP contribution is -2.49. The van der Waals surface area contributed by atoms with Crippen molar-refractivity contribution in [3.8, 4) is 0 Å². The molecule has 2 atom stereocenters. The van der Waals surface area contributed by atoms with Gasteiger partial charge in [-0.1, -0.05) is 0 Å². The van der Waals surface area contributed by atoms with Crippen molar-refractivity contribution in [1.29, 1.82) is 0 Å². The summed E-state index contributed by atoms with van der Waals surface area (Å²) in [4.78, 5) is 24.4. The molecule has 2 heterocycles. The molecule has 0 radical (unpaired) electrons. The first-order valence-electron chi connectivity index (χ1n) is 6.83. The number of ether oxygens (including phenoxy) is 2. The third kappa shape index (κ3) is 4.18. The maximum atomic E-state index is 12.1. The molecule has 2 unspecified atom stereocenters. The van der Waals surface area contributed by atoms with E-state index in [1.807, 2.05) is 0 Å². The Balaban J connectivity index is 1.87. The molecule has 0 spiro atoms. The zero-order valence-electron chi connectivity index (χ0n) is 11.0. The first-order valence-corrected chi connectivity index (χ1v) is 6.83. The quantitative estimate of drug-likeness (QED) is 0.788. The molecular formula is C13H21NO5. The van der Waals surface area contributed by atoms with Crippen molar-refractivity contribution < 1.29 is 24.2 Å². The molecule has 0 aromatic carbocycles. The van der Waals surface area contributed by atoms with Crippen LogP contribution in [0.3, 0.4) is 0 Å². The fourth-order valence-electron chi connectivity index (χ4n) is 2.69. The third-order valence-electron chi connectivity index (χ3n) is 3.73. The summed E-state index contributed by atoms with van der Waals surface area (Å²) in [6.07, 6.45) is 1.90. The maximum Gasteiger partial charge on any atom is 0.303 e. The lowest BCUT2D eigenvalue weighted by Gasteiger charge is -2.36. The van der Waals surface area contributed by atoms with E-state index in [0.717, 1.165) is 26.1 Å². The van der Waals surface area contributed by atoms with E-state index in [1.54, 1.807) is 4.90 Å². The van der Waals surface area contributed by atoms with Gasteiger partial charge in [0.25, 0.3) is 0 Å². The Morgan fingerprint density at radius 3 is 2.63 bits per heavy atom. The lowest BCUT2D eigenvalue weighted by atomic mass is 9.97. The summed E-state index contributed by atoms with van der Waals surface area (Å²) in [7, 11) is 0. The van der Waals surface area contributed by atoms with Crippen LogP contribution in [0.4, 0.5) is 0 Å². The van der Waals surface area contributed by atoms with E-state index < -0.39 is 5.97 Å². The summed E-state index contributed by atoms with van der Waals surface area (Å²) in [5.74, 6) is -0.515. The van der Waals surface area contributed by atoms with Crippen LogP contribution < -0.4 is 0 Å². The molecule has 0 aliphatic carbocycles. The van der Waals surface area contributed by atoms with Crippen LogP contribution in [-0.4, -0.2) is 60.9 Å². The van der Waals surface area contributed by atoms with Gasteiger partial charge in [-0.15, -0.1) is 0 Å². The maximum absolute atomic E-state index is 12.1. The summed E-state index contributed by atoms with van der Waals surface area (Å²) in [6.45, 7) is 3.21. The molecule has 6 heteroatoms. The molecule has 0 aromatic heterocycles. The largest absolute Gasteiger partial charge is 0.481 e. The van der Waals surface area contributed by atoms with Gasteiger partial charge in [-0.25, -0.2) is 0 Å². The number of morpholine rings is 1. The summed E-state index contributed by atoms with van der Waals surface area (Å²) in [5.41, 5.74) is 0. The monoisotopic (exact) mass is 271 g/mol. The summed E-state index contributed by atoms with van der Waals surface area (Å²) in [6, 6.07) is 0.0711. The number of carbonyl (C=O) groups excluding carboxylic acids is 1. The SMILES string of the molecule is O=C(O)CCC(=O)N1CCOCC1CC1CCOC1. The number of nitrogens with zero attached hydrogens (tertiary/aromatic N) is 1. The van der Waals surface area contributed by atoms with Crippen molar-refractivity contribution in [2.24, 2.45) is 5.92 Å². The van der Waals surface area contributed by atoms with E-state index in [9.17, 15) is 9.59 Å².